The fourth-order valence-electron chi connectivity index (χ4n) is 3.90. The summed E-state index contributed by atoms with van der Waals surface area (Å²) >= 11 is 1.43. The molecular formula is C22H22N2O4S. The number of amides is 2. The van der Waals surface area contributed by atoms with Crippen LogP contribution in [0.1, 0.15) is 55.3 Å². The predicted molar refractivity (Wildman–Crippen MR) is 114 cm³/mol. The van der Waals surface area contributed by atoms with Gasteiger partial charge in [-0.05, 0) is 62.3 Å². The second-order valence-electron chi connectivity index (χ2n) is 7.38. The number of benzene rings is 1. The molecule has 2 heterocycles. The van der Waals surface area contributed by atoms with Crippen LogP contribution in [0.15, 0.2) is 27.4 Å². The summed E-state index contributed by atoms with van der Waals surface area (Å²) in [5.41, 5.74) is 3.44. The molecule has 0 spiro atoms. The zero-order chi connectivity index (χ0) is 20.7. The van der Waals surface area contributed by atoms with E-state index in [2.05, 4.69) is 10.6 Å². The Morgan fingerprint density at radius 3 is 2.59 bits per heavy atom. The molecule has 6 nitrogen and oxygen atoms in total. The molecule has 7 heteroatoms. The zero-order valence-electron chi connectivity index (χ0n) is 16.6. The first-order valence-electron chi connectivity index (χ1n) is 9.62. The molecular weight excluding hydrogens is 388 g/mol. The highest BCUT2D eigenvalue weighted by Gasteiger charge is 2.26. The molecule has 0 aliphatic heterocycles. The van der Waals surface area contributed by atoms with Crippen LogP contribution in [0.2, 0.25) is 0 Å². The van der Waals surface area contributed by atoms with E-state index >= 15 is 0 Å². The van der Waals surface area contributed by atoms with Crippen LogP contribution in [-0.4, -0.2) is 18.9 Å². The van der Waals surface area contributed by atoms with Crippen LogP contribution in [-0.2, 0) is 12.8 Å². The largest absolute Gasteiger partial charge is 0.450 e. The van der Waals surface area contributed by atoms with Crippen molar-refractivity contribution in [3.8, 4) is 0 Å². The smallest absolute Gasteiger partial charge is 0.292 e. The number of hydrogen-bond donors (Lipinski definition) is 2. The van der Waals surface area contributed by atoms with Crippen molar-refractivity contribution in [3.63, 3.8) is 0 Å². The summed E-state index contributed by atoms with van der Waals surface area (Å²) in [5.74, 6) is -0.817. The summed E-state index contributed by atoms with van der Waals surface area (Å²) in [4.78, 5) is 39.0. The molecule has 1 aliphatic rings. The van der Waals surface area contributed by atoms with E-state index in [0.717, 1.165) is 47.3 Å². The first kappa shape index (κ1) is 19.4. The van der Waals surface area contributed by atoms with E-state index in [1.165, 1.54) is 17.4 Å². The van der Waals surface area contributed by atoms with Gasteiger partial charge in [0.05, 0.1) is 10.9 Å². The SMILES string of the molecule is CNC(=O)c1c(NC(=O)c2cc(=O)c3cc(C)cc(C)c3o2)sc2c1CCCC2. The number of rotatable bonds is 3. The molecule has 0 radical (unpaired) electrons. The van der Waals surface area contributed by atoms with Gasteiger partial charge in [-0.15, -0.1) is 11.3 Å². The highest BCUT2D eigenvalue weighted by atomic mass is 32.1. The third-order valence-electron chi connectivity index (χ3n) is 5.23. The van der Waals surface area contributed by atoms with Gasteiger partial charge in [-0.25, -0.2) is 0 Å². The molecule has 3 aromatic rings. The molecule has 2 aromatic heterocycles. The zero-order valence-corrected chi connectivity index (χ0v) is 17.4. The van der Waals surface area contributed by atoms with Gasteiger partial charge in [0.25, 0.3) is 11.8 Å². The maximum Gasteiger partial charge on any atom is 0.292 e. The third-order valence-corrected chi connectivity index (χ3v) is 6.44. The van der Waals surface area contributed by atoms with Crippen LogP contribution in [0, 0.1) is 13.8 Å². The number of thiophene rings is 1. The van der Waals surface area contributed by atoms with E-state index in [-0.39, 0.29) is 17.1 Å². The lowest BCUT2D eigenvalue weighted by Gasteiger charge is -2.12. The van der Waals surface area contributed by atoms with Crippen molar-refractivity contribution in [2.45, 2.75) is 39.5 Å². The first-order chi connectivity index (χ1) is 13.9. The van der Waals surface area contributed by atoms with E-state index in [0.29, 0.717) is 21.5 Å². The van der Waals surface area contributed by atoms with Gasteiger partial charge in [0.2, 0.25) is 0 Å². The van der Waals surface area contributed by atoms with Crippen molar-refractivity contribution in [1.29, 1.82) is 0 Å². The first-order valence-corrected chi connectivity index (χ1v) is 10.4. The summed E-state index contributed by atoms with van der Waals surface area (Å²) < 4.78 is 5.78. The van der Waals surface area contributed by atoms with E-state index in [1.54, 1.807) is 13.1 Å². The Kier molecular flexibility index (Phi) is 5.00. The van der Waals surface area contributed by atoms with Gasteiger partial charge < -0.3 is 15.1 Å². The van der Waals surface area contributed by atoms with Gasteiger partial charge in [0, 0.05) is 18.0 Å². The van der Waals surface area contributed by atoms with E-state index in [9.17, 15) is 14.4 Å². The van der Waals surface area contributed by atoms with Gasteiger partial charge in [0.15, 0.2) is 11.2 Å². The summed E-state index contributed by atoms with van der Waals surface area (Å²) in [6.45, 7) is 3.75. The molecule has 150 valence electrons. The maximum absolute atomic E-state index is 12.9. The molecule has 1 aliphatic carbocycles. The lowest BCUT2D eigenvalue weighted by atomic mass is 9.95. The van der Waals surface area contributed by atoms with Gasteiger partial charge >= 0.3 is 0 Å². The number of anilines is 1. The number of hydrogen-bond acceptors (Lipinski definition) is 5. The lowest BCUT2D eigenvalue weighted by Crippen LogP contribution is -2.22. The van der Waals surface area contributed by atoms with Gasteiger partial charge in [-0.1, -0.05) is 6.07 Å². The quantitative estimate of drug-likeness (QED) is 0.684. The van der Waals surface area contributed by atoms with Crippen LogP contribution in [0.4, 0.5) is 5.00 Å². The number of aryl methyl sites for hydroxylation is 3. The predicted octanol–water partition coefficient (Wildman–Crippen LogP) is 3.96. The Morgan fingerprint density at radius 1 is 1.07 bits per heavy atom. The summed E-state index contributed by atoms with van der Waals surface area (Å²) in [6.07, 6.45) is 3.84. The van der Waals surface area contributed by atoms with E-state index < -0.39 is 5.91 Å². The van der Waals surface area contributed by atoms with Crippen LogP contribution < -0.4 is 16.1 Å². The number of nitrogens with one attached hydrogen (secondary N) is 2. The highest BCUT2D eigenvalue weighted by Crippen LogP contribution is 2.38. The van der Waals surface area contributed by atoms with Crippen LogP contribution in [0.25, 0.3) is 11.0 Å². The Labute approximate surface area is 171 Å². The van der Waals surface area contributed by atoms with Crippen molar-refractivity contribution in [3.05, 3.63) is 61.3 Å². The Bertz CT molecular complexity index is 1210. The van der Waals surface area contributed by atoms with Gasteiger partial charge in [0.1, 0.15) is 10.6 Å². The molecule has 1 aromatic carbocycles. The molecule has 2 amide bonds. The number of carbonyl (C=O) groups excluding carboxylic acids is 2. The van der Waals surface area contributed by atoms with E-state index in [1.807, 2.05) is 19.9 Å². The molecule has 0 bridgehead atoms. The van der Waals surface area contributed by atoms with Crippen LogP contribution in [0.5, 0.6) is 0 Å². The van der Waals surface area contributed by atoms with Gasteiger partial charge in [-0.2, -0.15) is 0 Å². The fraction of sp³-hybridized carbons (Fsp3) is 0.318. The van der Waals surface area contributed by atoms with Crippen LogP contribution in [0.3, 0.4) is 0 Å². The fourth-order valence-corrected chi connectivity index (χ4v) is 5.19. The normalized spacial score (nSPS) is 13.2. The summed E-state index contributed by atoms with van der Waals surface area (Å²) in [6, 6.07) is 4.88. The van der Waals surface area contributed by atoms with Crippen molar-refractivity contribution >= 4 is 39.1 Å². The second kappa shape index (κ2) is 7.48. The van der Waals surface area contributed by atoms with Crippen LogP contribution >= 0.6 is 11.3 Å². The minimum Gasteiger partial charge on any atom is -0.450 e. The topological polar surface area (TPSA) is 88.4 Å². The second-order valence-corrected chi connectivity index (χ2v) is 8.49. The Morgan fingerprint density at radius 2 is 1.83 bits per heavy atom. The number of carbonyl (C=O) groups is 2. The Hall–Kier alpha value is -2.93. The van der Waals surface area contributed by atoms with Crippen molar-refractivity contribution in [1.82, 2.24) is 5.32 Å². The molecule has 0 saturated heterocycles. The molecule has 29 heavy (non-hydrogen) atoms. The molecule has 0 fully saturated rings. The molecule has 0 atom stereocenters. The van der Waals surface area contributed by atoms with Gasteiger partial charge in [-0.3, -0.25) is 14.4 Å². The standard InChI is InChI=1S/C22H22N2O4S/c1-11-8-12(2)19-14(9-11)15(25)10-16(28-19)20(26)24-22-18(21(27)23-3)13-6-4-5-7-17(13)29-22/h8-10H,4-7H2,1-3H3,(H,23,27)(H,24,26). The monoisotopic (exact) mass is 410 g/mol. The average molecular weight is 410 g/mol. The third kappa shape index (κ3) is 3.46. The molecule has 4 rings (SSSR count). The number of fused-ring (bicyclic) bond motifs is 2. The molecule has 2 N–H and O–H groups in total. The van der Waals surface area contributed by atoms with E-state index in [4.69, 9.17) is 4.42 Å². The van der Waals surface area contributed by atoms with Crippen molar-refractivity contribution in [2.24, 2.45) is 0 Å². The maximum atomic E-state index is 12.9. The molecule has 0 unspecified atom stereocenters. The van der Waals surface area contributed by atoms with Crippen molar-refractivity contribution in [2.75, 3.05) is 12.4 Å². The highest BCUT2D eigenvalue weighted by molar-refractivity contribution is 7.17. The summed E-state index contributed by atoms with van der Waals surface area (Å²) in [5, 5.41) is 6.43. The minimum absolute atomic E-state index is 0.0660. The molecule has 0 saturated carbocycles. The Balaban J connectivity index is 1.75. The summed E-state index contributed by atoms with van der Waals surface area (Å²) in [7, 11) is 1.58. The average Bonchev–Trinajstić information content (AvgIpc) is 3.05. The minimum atomic E-state index is -0.535. The van der Waals surface area contributed by atoms with Crippen molar-refractivity contribution < 1.29 is 14.0 Å². The lowest BCUT2D eigenvalue weighted by molar-refractivity contribution is 0.0963.